The van der Waals surface area contributed by atoms with E-state index in [1.807, 2.05) is 13.8 Å². The van der Waals surface area contributed by atoms with Crippen LogP contribution in [0, 0.1) is 0 Å². The number of aliphatic hydroxyl groups excluding tert-OH is 1. The van der Waals surface area contributed by atoms with Crippen molar-refractivity contribution in [3.63, 3.8) is 0 Å². The zero-order valence-corrected chi connectivity index (χ0v) is 20.0. The van der Waals surface area contributed by atoms with Crippen molar-refractivity contribution < 1.29 is 18.3 Å². The summed E-state index contributed by atoms with van der Waals surface area (Å²) in [5, 5.41) is 20.6. The Morgan fingerprint density at radius 1 is 1.00 bits per heavy atom. The highest BCUT2D eigenvalue weighted by atomic mass is 35.5. The minimum absolute atomic E-state index is 0.0618. The maximum Gasteiger partial charge on any atom is 0.296 e. The summed E-state index contributed by atoms with van der Waals surface area (Å²) >= 11 is 13.1. The first-order valence-corrected chi connectivity index (χ1v) is 12.5. The SMILES string of the molecule is CC(C)c1nnc(N2C(=O)C(O)=C(S(=O)(=O)c3ccc(Cl)cc3)[C@H]2c2ccc(Cl)cc2)s1. The van der Waals surface area contributed by atoms with Crippen molar-refractivity contribution in [3.8, 4) is 0 Å². The fourth-order valence-electron chi connectivity index (χ4n) is 3.30. The summed E-state index contributed by atoms with van der Waals surface area (Å²) in [6.07, 6.45) is 0. The van der Waals surface area contributed by atoms with Gasteiger partial charge in [-0.2, -0.15) is 0 Å². The molecule has 32 heavy (non-hydrogen) atoms. The average molecular weight is 510 g/mol. The van der Waals surface area contributed by atoms with Crippen molar-refractivity contribution in [2.24, 2.45) is 0 Å². The molecule has 0 bridgehead atoms. The third kappa shape index (κ3) is 3.90. The Morgan fingerprint density at radius 2 is 1.56 bits per heavy atom. The summed E-state index contributed by atoms with van der Waals surface area (Å²) in [5.41, 5.74) is 0.445. The number of nitrogens with zero attached hydrogens (tertiary/aromatic N) is 3. The zero-order chi connectivity index (χ0) is 23.2. The molecule has 1 atom stereocenters. The Hall–Kier alpha value is -2.46. The molecule has 2 aromatic carbocycles. The first-order chi connectivity index (χ1) is 15.1. The molecular formula is C21H17Cl2N3O4S2. The first kappa shape index (κ1) is 22.7. The van der Waals surface area contributed by atoms with Gasteiger partial charge in [0.15, 0.2) is 5.76 Å². The number of sulfone groups is 1. The minimum atomic E-state index is -4.26. The number of benzene rings is 2. The molecule has 0 radical (unpaired) electrons. The van der Waals surface area contributed by atoms with Crippen LogP contribution >= 0.6 is 34.5 Å². The molecule has 7 nitrogen and oxygen atoms in total. The molecule has 0 aliphatic carbocycles. The van der Waals surface area contributed by atoms with Crippen LogP contribution in [0.3, 0.4) is 0 Å². The van der Waals surface area contributed by atoms with E-state index < -0.39 is 32.5 Å². The van der Waals surface area contributed by atoms with Gasteiger partial charge in [-0.3, -0.25) is 9.69 Å². The van der Waals surface area contributed by atoms with Crippen molar-refractivity contribution in [1.29, 1.82) is 0 Å². The van der Waals surface area contributed by atoms with Gasteiger partial charge in [0, 0.05) is 16.0 Å². The smallest absolute Gasteiger partial charge is 0.296 e. The minimum Gasteiger partial charge on any atom is -0.502 e. The fraction of sp³-hybridized carbons (Fsp3) is 0.190. The van der Waals surface area contributed by atoms with E-state index in [2.05, 4.69) is 10.2 Å². The second-order valence-corrected chi connectivity index (χ2v) is 11.2. The summed E-state index contributed by atoms with van der Waals surface area (Å²) in [7, 11) is -4.26. The molecule has 11 heteroatoms. The quantitative estimate of drug-likeness (QED) is 0.500. The lowest BCUT2D eigenvalue weighted by molar-refractivity contribution is -0.117. The van der Waals surface area contributed by atoms with Crippen LogP contribution in [-0.4, -0.2) is 29.6 Å². The number of carbonyl (C=O) groups excluding carboxylic acids is 1. The van der Waals surface area contributed by atoms with E-state index in [0.717, 1.165) is 16.2 Å². The number of carbonyl (C=O) groups is 1. The molecule has 4 rings (SSSR count). The molecule has 1 N–H and O–H groups in total. The second-order valence-electron chi connectivity index (χ2n) is 7.38. The molecular weight excluding hydrogens is 493 g/mol. The fourth-order valence-corrected chi connectivity index (χ4v) is 6.05. The van der Waals surface area contributed by atoms with E-state index >= 15 is 0 Å². The Morgan fingerprint density at radius 3 is 2.09 bits per heavy atom. The molecule has 3 aromatic rings. The van der Waals surface area contributed by atoms with Crippen LogP contribution in [0.5, 0.6) is 0 Å². The monoisotopic (exact) mass is 509 g/mol. The molecule has 0 saturated carbocycles. The second kappa shape index (κ2) is 8.47. The largest absolute Gasteiger partial charge is 0.502 e. The molecule has 1 aromatic heterocycles. The van der Waals surface area contributed by atoms with Gasteiger partial charge < -0.3 is 5.11 Å². The lowest BCUT2D eigenvalue weighted by Gasteiger charge is -2.24. The van der Waals surface area contributed by atoms with Crippen LogP contribution in [0.4, 0.5) is 5.13 Å². The van der Waals surface area contributed by atoms with Gasteiger partial charge in [-0.25, -0.2) is 8.42 Å². The number of anilines is 1. The molecule has 166 valence electrons. The Kier molecular flexibility index (Phi) is 6.02. The Labute approximate surface area is 198 Å². The highest BCUT2D eigenvalue weighted by molar-refractivity contribution is 7.95. The average Bonchev–Trinajstić information content (AvgIpc) is 3.33. The Bertz CT molecular complexity index is 1320. The summed E-state index contributed by atoms with van der Waals surface area (Å²) < 4.78 is 27.1. The van der Waals surface area contributed by atoms with Crippen LogP contribution in [0.15, 0.2) is 64.1 Å². The third-order valence-electron chi connectivity index (χ3n) is 4.89. The van der Waals surface area contributed by atoms with Gasteiger partial charge in [-0.05, 0) is 42.0 Å². The molecule has 0 fully saturated rings. The van der Waals surface area contributed by atoms with Crippen LogP contribution in [0.25, 0.3) is 0 Å². The molecule has 1 aliphatic heterocycles. The highest BCUT2D eigenvalue weighted by Gasteiger charge is 2.48. The van der Waals surface area contributed by atoms with Gasteiger partial charge in [0.05, 0.1) is 4.90 Å². The van der Waals surface area contributed by atoms with Gasteiger partial charge in [0.2, 0.25) is 15.0 Å². The summed E-state index contributed by atoms with van der Waals surface area (Å²) in [5.74, 6) is -1.67. The maximum atomic E-state index is 13.5. The predicted molar refractivity (Wildman–Crippen MR) is 124 cm³/mol. The number of hydrogen-bond donors (Lipinski definition) is 1. The van der Waals surface area contributed by atoms with E-state index in [4.69, 9.17) is 23.2 Å². The molecule has 1 amide bonds. The number of halogens is 2. The van der Waals surface area contributed by atoms with E-state index in [1.165, 1.54) is 24.3 Å². The number of amides is 1. The summed E-state index contributed by atoms with van der Waals surface area (Å²) in [6, 6.07) is 10.7. The van der Waals surface area contributed by atoms with E-state index in [0.29, 0.717) is 20.6 Å². The summed E-state index contributed by atoms with van der Waals surface area (Å²) in [4.78, 5) is 13.7. The normalized spacial score (nSPS) is 17.0. The summed E-state index contributed by atoms with van der Waals surface area (Å²) in [6.45, 7) is 3.86. The number of aliphatic hydroxyl groups is 1. The van der Waals surface area contributed by atoms with Crippen LogP contribution in [0.2, 0.25) is 10.0 Å². The van der Waals surface area contributed by atoms with E-state index in [9.17, 15) is 18.3 Å². The third-order valence-corrected chi connectivity index (χ3v) is 8.51. The van der Waals surface area contributed by atoms with Gasteiger partial charge in [0.25, 0.3) is 5.91 Å². The molecule has 1 aliphatic rings. The van der Waals surface area contributed by atoms with Crippen molar-refractivity contribution in [2.75, 3.05) is 4.90 Å². The maximum absolute atomic E-state index is 13.5. The molecule has 0 unspecified atom stereocenters. The van der Waals surface area contributed by atoms with Crippen LogP contribution in [0.1, 0.15) is 36.4 Å². The van der Waals surface area contributed by atoms with Crippen molar-refractivity contribution >= 4 is 55.4 Å². The molecule has 0 saturated heterocycles. The van der Waals surface area contributed by atoms with Gasteiger partial charge >= 0.3 is 0 Å². The highest BCUT2D eigenvalue weighted by Crippen LogP contribution is 2.46. The number of rotatable bonds is 5. The lowest BCUT2D eigenvalue weighted by Crippen LogP contribution is -2.31. The van der Waals surface area contributed by atoms with Crippen molar-refractivity contribution in [1.82, 2.24) is 10.2 Å². The standard InChI is InChI=1S/C21H17Cl2N3O4S2/c1-11(2)19-24-25-21(31-19)26-16(12-3-5-13(22)6-4-12)18(17(27)20(26)28)32(29,30)15-9-7-14(23)8-10-15/h3-11,16,27H,1-2H3/t16-/m1/s1. The van der Waals surface area contributed by atoms with Crippen LogP contribution in [-0.2, 0) is 14.6 Å². The van der Waals surface area contributed by atoms with Gasteiger partial charge in [-0.1, -0.05) is 60.5 Å². The van der Waals surface area contributed by atoms with E-state index in [-0.39, 0.29) is 15.9 Å². The predicted octanol–water partition coefficient (Wildman–Crippen LogP) is 5.30. The van der Waals surface area contributed by atoms with Crippen LogP contribution < -0.4 is 4.90 Å². The molecule has 0 spiro atoms. The molecule has 2 heterocycles. The lowest BCUT2D eigenvalue weighted by atomic mass is 10.1. The van der Waals surface area contributed by atoms with Crippen molar-refractivity contribution in [2.45, 2.75) is 30.7 Å². The van der Waals surface area contributed by atoms with Crippen molar-refractivity contribution in [3.05, 3.63) is 79.8 Å². The Balaban J connectivity index is 1.91. The van der Waals surface area contributed by atoms with E-state index in [1.54, 1.807) is 24.3 Å². The topological polar surface area (TPSA) is 100 Å². The zero-order valence-electron chi connectivity index (χ0n) is 16.9. The number of hydrogen-bond acceptors (Lipinski definition) is 7. The van der Waals surface area contributed by atoms with Gasteiger partial charge in [0.1, 0.15) is 16.0 Å². The number of aromatic nitrogens is 2. The first-order valence-electron chi connectivity index (χ1n) is 9.47. The van der Waals surface area contributed by atoms with Gasteiger partial charge in [-0.15, -0.1) is 10.2 Å².